The molecule has 1 aliphatic rings. The van der Waals surface area contributed by atoms with E-state index < -0.39 is 21.8 Å². The van der Waals surface area contributed by atoms with E-state index in [1.807, 2.05) is 6.07 Å². The summed E-state index contributed by atoms with van der Waals surface area (Å²) in [4.78, 5) is 35.5. The van der Waals surface area contributed by atoms with E-state index in [1.54, 1.807) is 36.4 Å². The highest BCUT2D eigenvalue weighted by Crippen LogP contribution is 2.36. The molecule has 10 heteroatoms. The molecule has 5 rings (SSSR count). The van der Waals surface area contributed by atoms with Gasteiger partial charge in [-0.2, -0.15) is 0 Å². The number of aromatic nitrogens is 2. The van der Waals surface area contributed by atoms with Gasteiger partial charge in [0.1, 0.15) is 0 Å². The molecule has 4 aromatic rings. The molecule has 0 aliphatic carbocycles. The first-order valence-electron chi connectivity index (χ1n) is 10.6. The van der Waals surface area contributed by atoms with Crippen molar-refractivity contribution >= 4 is 49.9 Å². The zero-order chi connectivity index (χ0) is 24.6. The van der Waals surface area contributed by atoms with Gasteiger partial charge in [0.25, 0.3) is 21.8 Å². The van der Waals surface area contributed by atoms with Crippen molar-refractivity contribution in [2.75, 3.05) is 21.5 Å². The molecule has 0 bridgehead atoms. The van der Waals surface area contributed by atoms with E-state index in [0.29, 0.717) is 23.1 Å². The Kier molecular flexibility index (Phi) is 5.50. The summed E-state index contributed by atoms with van der Waals surface area (Å²) in [6, 6.07) is 15.8. The minimum absolute atomic E-state index is 0.0638. The van der Waals surface area contributed by atoms with Crippen LogP contribution in [-0.2, 0) is 10.0 Å². The average Bonchev–Trinajstić information content (AvgIpc) is 2.87. The van der Waals surface area contributed by atoms with Crippen LogP contribution in [0.2, 0.25) is 0 Å². The highest BCUT2D eigenvalue weighted by Gasteiger charge is 2.34. The summed E-state index contributed by atoms with van der Waals surface area (Å²) < 4.78 is 27.6. The predicted octanol–water partition coefficient (Wildman–Crippen LogP) is 3.83. The Bertz CT molecular complexity index is 1560. The summed E-state index contributed by atoms with van der Waals surface area (Å²) in [5, 5.41) is 4.57. The van der Waals surface area contributed by atoms with Crippen LogP contribution in [0.25, 0.3) is 10.8 Å². The molecule has 2 amide bonds. The number of imide groups is 1. The lowest BCUT2D eigenvalue weighted by molar-refractivity contribution is 0.0893. The van der Waals surface area contributed by atoms with Gasteiger partial charge in [0.15, 0.2) is 0 Å². The first kappa shape index (κ1) is 22.2. The summed E-state index contributed by atoms with van der Waals surface area (Å²) in [5.41, 5.74) is 1.83. The lowest BCUT2D eigenvalue weighted by atomic mass is 9.92. The molecule has 0 fully saturated rings. The van der Waals surface area contributed by atoms with Crippen LogP contribution < -0.4 is 14.9 Å². The standard InChI is InChI=1S/C25H19N5O4S/c1-2-13-26-21-12-11-20-22-18(21)5-3-6-19(22)23(31)30(24(20)32)16-7-9-17(10-8-16)35(33,34)29-25-27-14-4-15-28-25/h2-12,14-15,26H,1,13H2,(H,27,28,29). The lowest BCUT2D eigenvalue weighted by Gasteiger charge is -2.28. The molecule has 35 heavy (non-hydrogen) atoms. The zero-order valence-corrected chi connectivity index (χ0v) is 19.1. The fourth-order valence-corrected chi connectivity index (χ4v) is 4.93. The van der Waals surface area contributed by atoms with Crippen molar-refractivity contribution in [2.45, 2.75) is 4.90 Å². The number of sulfonamides is 1. The molecule has 2 N–H and O–H groups in total. The van der Waals surface area contributed by atoms with E-state index in [1.165, 1.54) is 36.7 Å². The van der Waals surface area contributed by atoms with E-state index in [-0.39, 0.29) is 16.5 Å². The van der Waals surface area contributed by atoms with Gasteiger partial charge in [-0.05, 0) is 48.5 Å². The Labute approximate surface area is 201 Å². The second kappa shape index (κ2) is 8.65. The Morgan fingerprint density at radius 2 is 1.57 bits per heavy atom. The molecular formula is C25H19N5O4S. The summed E-state index contributed by atoms with van der Waals surface area (Å²) in [7, 11) is -3.96. The number of benzene rings is 3. The Hall–Kier alpha value is -4.57. The second-order valence-electron chi connectivity index (χ2n) is 7.68. The molecule has 1 aromatic heterocycles. The van der Waals surface area contributed by atoms with Crippen molar-refractivity contribution < 1.29 is 18.0 Å². The molecule has 9 nitrogen and oxygen atoms in total. The maximum absolute atomic E-state index is 13.4. The van der Waals surface area contributed by atoms with Crippen LogP contribution in [0.3, 0.4) is 0 Å². The Morgan fingerprint density at radius 3 is 2.26 bits per heavy atom. The SMILES string of the molecule is C=CCNc1ccc2c3c(cccc13)C(=O)N(c1ccc(S(=O)(=O)Nc3ncccn3)cc1)C2=O. The number of nitrogens with zero attached hydrogens (tertiary/aromatic N) is 3. The van der Waals surface area contributed by atoms with Crippen LogP contribution in [0.5, 0.6) is 0 Å². The second-order valence-corrected chi connectivity index (χ2v) is 9.36. The van der Waals surface area contributed by atoms with Crippen molar-refractivity contribution in [1.82, 2.24) is 9.97 Å². The van der Waals surface area contributed by atoms with Crippen molar-refractivity contribution in [3.63, 3.8) is 0 Å². The normalized spacial score (nSPS) is 13.1. The Balaban J connectivity index is 1.50. The van der Waals surface area contributed by atoms with E-state index in [2.05, 4.69) is 26.6 Å². The smallest absolute Gasteiger partial charge is 0.265 e. The van der Waals surface area contributed by atoms with Gasteiger partial charge in [-0.3, -0.25) is 9.59 Å². The number of nitrogens with one attached hydrogen (secondary N) is 2. The highest BCUT2D eigenvalue weighted by molar-refractivity contribution is 7.92. The molecular weight excluding hydrogens is 466 g/mol. The molecule has 0 atom stereocenters. The topological polar surface area (TPSA) is 121 Å². The number of hydrogen-bond donors (Lipinski definition) is 2. The van der Waals surface area contributed by atoms with Gasteiger partial charge in [0.05, 0.1) is 10.6 Å². The van der Waals surface area contributed by atoms with Crippen LogP contribution in [0.15, 0.2) is 90.6 Å². The van der Waals surface area contributed by atoms with E-state index in [0.717, 1.165) is 16.0 Å². The summed E-state index contributed by atoms with van der Waals surface area (Å²) in [5.74, 6) is -1.04. The number of hydrogen-bond acceptors (Lipinski definition) is 7. The maximum Gasteiger partial charge on any atom is 0.265 e. The summed E-state index contributed by atoms with van der Waals surface area (Å²) in [6.07, 6.45) is 4.55. The van der Waals surface area contributed by atoms with Gasteiger partial charge in [0, 0.05) is 46.5 Å². The van der Waals surface area contributed by atoms with Crippen molar-refractivity contribution in [3.05, 3.63) is 96.8 Å². The third-order valence-electron chi connectivity index (χ3n) is 5.54. The molecule has 0 radical (unpaired) electrons. The number of amides is 2. The monoisotopic (exact) mass is 485 g/mol. The predicted molar refractivity (Wildman–Crippen MR) is 133 cm³/mol. The van der Waals surface area contributed by atoms with Gasteiger partial charge in [-0.15, -0.1) is 6.58 Å². The minimum atomic E-state index is -3.96. The van der Waals surface area contributed by atoms with Gasteiger partial charge in [-0.1, -0.05) is 18.2 Å². The maximum atomic E-state index is 13.4. The number of carbonyl (C=O) groups excluding carboxylic acids is 2. The molecule has 0 spiro atoms. The van der Waals surface area contributed by atoms with E-state index in [4.69, 9.17) is 0 Å². The third-order valence-corrected chi connectivity index (χ3v) is 6.89. The third kappa shape index (κ3) is 3.89. The van der Waals surface area contributed by atoms with Crippen LogP contribution in [0.4, 0.5) is 17.3 Å². The van der Waals surface area contributed by atoms with Crippen LogP contribution >= 0.6 is 0 Å². The number of rotatable bonds is 7. The molecule has 0 unspecified atom stereocenters. The van der Waals surface area contributed by atoms with E-state index in [9.17, 15) is 18.0 Å². The van der Waals surface area contributed by atoms with Gasteiger partial charge in [0.2, 0.25) is 5.95 Å². The van der Waals surface area contributed by atoms with Crippen molar-refractivity contribution in [2.24, 2.45) is 0 Å². The first-order valence-corrected chi connectivity index (χ1v) is 12.1. The van der Waals surface area contributed by atoms with Gasteiger partial charge >= 0.3 is 0 Å². The molecule has 0 saturated heterocycles. The molecule has 0 saturated carbocycles. The molecule has 3 aromatic carbocycles. The Morgan fingerprint density at radius 1 is 0.886 bits per heavy atom. The quantitative estimate of drug-likeness (QED) is 0.301. The van der Waals surface area contributed by atoms with Crippen molar-refractivity contribution in [1.29, 1.82) is 0 Å². The fourth-order valence-electron chi connectivity index (χ4n) is 3.97. The zero-order valence-electron chi connectivity index (χ0n) is 18.3. The molecule has 1 aliphatic heterocycles. The van der Waals surface area contributed by atoms with Gasteiger partial charge in [-0.25, -0.2) is 28.0 Å². The highest BCUT2D eigenvalue weighted by atomic mass is 32.2. The number of carbonyl (C=O) groups is 2. The van der Waals surface area contributed by atoms with Crippen LogP contribution in [0, 0.1) is 0 Å². The lowest BCUT2D eigenvalue weighted by Crippen LogP contribution is -2.40. The van der Waals surface area contributed by atoms with Crippen LogP contribution in [-0.4, -0.2) is 36.7 Å². The summed E-state index contributed by atoms with van der Waals surface area (Å²) in [6.45, 7) is 4.24. The molecule has 174 valence electrons. The fraction of sp³-hybridized carbons (Fsp3) is 0.0400. The first-order chi connectivity index (χ1) is 16.9. The minimum Gasteiger partial charge on any atom is -0.381 e. The van der Waals surface area contributed by atoms with E-state index >= 15 is 0 Å². The largest absolute Gasteiger partial charge is 0.381 e. The summed E-state index contributed by atoms with van der Waals surface area (Å²) >= 11 is 0. The van der Waals surface area contributed by atoms with Crippen LogP contribution in [0.1, 0.15) is 20.7 Å². The number of anilines is 3. The van der Waals surface area contributed by atoms with Gasteiger partial charge < -0.3 is 5.32 Å². The average molecular weight is 486 g/mol. The van der Waals surface area contributed by atoms with Crippen molar-refractivity contribution in [3.8, 4) is 0 Å². The molecule has 2 heterocycles.